The summed E-state index contributed by atoms with van der Waals surface area (Å²) in [7, 11) is 1.78. The summed E-state index contributed by atoms with van der Waals surface area (Å²) in [5, 5.41) is 2.97. The Morgan fingerprint density at radius 3 is 2.77 bits per heavy atom. The molecule has 0 radical (unpaired) electrons. The van der Waals surface area contributed by atoms with E-state index in [4.69, 9.17) is 4.42 Å². The Balaban J connectivity index is 2.61. The largest absolute Gasteiger partial charge is 0.472 e. The quantitative estimate of drug-likeness (QED) is 0.763. The summed E-state index contributed by atoms with van der Waals surface area (Å²) in [4.78, 5) is 11.7. The van der Waals surface area contributed by atoms with Gasteiger partial charge in [0.15, 0.2) is 5.78 Å². The molecule has 3 heteroatoms. The maximum absolute atomic E-state index is 11.7. The highest BCUT2D eigenvalue weighted by molar-refractivity contribution is 5.89. The van der Waals surface area contributed by atoms with E-state index >= 15 is 0 Å². The molecule has 72 valence electrons. The van der Waals surface area contributed by atoms with Crippen molar-refractivity contribution in [2.24, 2.45) is 0 Å². The third kappa shape index (κ3) is 2.42. The van der Waals surface area contributed by atoms with Crippen LogP contribution in [0.15, 0.2) is 23.0 Å². The van der Waals surface area contributed by atoms with Crippen LogP contribution in [0.2, 0.25) is 0 Å². The normalized spacial score (nSPS) is 11.6. The van der Waals surface area contributed by atoms with Gasteiger partial charge in [0.05, 0.1) is 18.1 Å². The second-order valence-corrected chi connectivity index (χ2v) is 3.61. The van der Waals surface area contributed by atoms with E-state index in [2.05, 4.69) is 5.32 Å². The van der Waals surface area contributed by atoms with Crippen molar-refractivity contribution in [2.75, 3.05) is 7.05 Å². The number of hydrogen-bond donors (Lipinski definition) is 1. The van der Waals surface area contributed by atoms with E-state index in [-0.39, 0.29) is 5.78 Å². The number of ketones is 1. The van der Waals surface area contributed by atoms with Crippen LogP contribution in [-0.4, -0.2) is 18.4 Å². The molecule has 0 spiro atoms. The standard InChI is InChI=1S/C10H15NO2/c1-10(2,11-3)9(12)6-8-4-5-13-7-8/h4-5,7,11H,6H2,1-3H3. The zero-order valence-electron chi connectivity index (χ0n) is 8.26. The molecule has 0 aliphatic carbocycles. The lowest BCUT2D eigenvalue weighted by Gasteiger charge is -2.21. The zero-order valence-corrected chi connectivity index (χ0v) is 8.26. The molecule has 13 heavy (non-hydrogen) atoms. The van der Waals surface area contributed by atoms with E-state index in [0.717, 1.165) is 5.56 Å². The highest BCUT2D eigenvalue weighted by Crippen LogP contribution is 2.09. The number of rotatable bonds is 4. The fraction of sp³-hybridized carbons (Fsp3) is 0.500. The van der Waals surface area contributed by atoms with Gasteiger partial charge in [0.1, 0.15) is 0 Å². The summed E-state index contributed by atoms with van der Waals surface area (Å²) < 4.78 is 4.89. The third-order valence-corrected chi connectivity index (χ3v) is 2.27. The van der Waals surface area contributed by atoms with Crippen LogP contribution < -0.4 is 5.32 Å². The van der Waals surface area contributed by atoms with E-state index in [1.165, 1.54) is 0 Å². The molecule has 1 aromatic rings. The lowest BCUT2D eigenvalue weighted by Crippen LogP contribution is -2.45. The van der Waals surface area contributed by atoms with Crippen molar-refractivity contribution >= 4 is 5.78 Å². The van der Waals surface area contributed by atoms with E-state index in [9.17, 15) is 4.79 Å². The second-order valence-electron chi connectivity index (χ2n) is 3.61. The molecular formula is C10H15NO2. The summed E-state index contributed by atoms with van der Waals surface area (Å²) in [5.74, 6) is 0.163. The van der Waals surface area contributed by atoms with Crippen molar-refractivity contribution in [2.45, 2.75) is 25.8 Å². The monoisotopic (exact) mass is 181 g/mol. The van der Waals surface area contributed by atoms with Gasteiger partial charge in [-0.05, 0) is 32.5 Å². The van der Waals surface area contributed by atoms with Crippen LogP contribution in [-0.2, 0) is 11.2 Å². The number of carbonyl (C=O) groups excluding carboxylic acids is 1. The van der Waals surface area contributed by atoms with E-state index in [0.29, 0.717) is 6.42 Å². The van der Waals surface area contributed by atoms with Crippen LogP contribution >= 0.6 is 0 Å². The number of carbonyl (C=O) groups is 1. The van der Waals surface area contributed by atoms with Crippen molar-refractivity contribution in [3.8, 4) is 0 Å². The molecule has 1 N–H and O–H groups in total. The summed E-state index contributed by atoms with van der Waals surface area (Å²) in [6, 6.07) is 1.81. The lowest BCUT2D eigenvalue weighted by atomic mass is 9.95. The molecular weight excluding hydrogens is 166 g/mol. The van der Waals surface area contributed by atoms with E-state index in [1.54, 1.807) is 19.6 Å². The average Bonchev–Trinajstić information content (AvgIpc) is 2.57. The smallest absolute Gasteiger partial charge is 0.156 e. The minimum absolute atomic E-state index is 0.163. The minimum Gasteiger partial charge on any atom is -0.472 e. The summed E-state index contributed by atoms with van der Waals surface area (Å²) >= 11 is 0. The first-order valence-electron chi connectivity index (χ1n) is 4.29. The predicted octanol–water partition coefficient (Wildman–Crippen LogP) is 1.39. The minimum atomic E-state index is -0.461. The van der Waals surface area contributed by atoms with Crippen LogP contribution in [0.25, 0.3) is 0 Å². The van der Waals surface area contributed by atoms with Gasteiger partial charge in [0.25, 0.3) is 0 Å². The predicted molar refractivity (Wildman–Crippen MR) is 50.6 cm³/mol. The number of likely N-dealkylation sites (N-methyl/N-ethyl adjacent to an activating group) is 1. The van der Waals surface area contributed by atoms with Gasteiger partial charge in [0, 0.05) is 6.42 Å². The van der Waals surface area contributed by atoms with E-state index < -0.39 is 5.54 Å². The molecule has 1 aromatic heterocycles. The highest BCUT2D eigenvalue weighted by Gasteiger charge is 2.24. The summed E-state index contributed by atoms with van der Waals surface area (Å²) in [6.45, 7) is 3.74. The number of hydrogen-bond acceptors (Lipinski definition) is 3. The third-order valence-electron chi connectivity index (χ3n) is 2.27. The fourth-order valence-corrected chi connectivity index (χ4v) is 0.939. The molecule has 0 saturated carbocycles. The molecule has 0 aliphatic heterocycles. The number of Topliss-reactive ketones (excluding diaryl/α,β-unsaturated/α-hetero) is 1. The van der Waals surface area contributed by atoms with E-state index in [1.807, 2.05) is 19.9 Å². The van der Waals surface area contributed by atoms with Gasteiger partial charge in [-0.1, -0.05) is 0 Å². The number of nitrogens with one attached hydrogen (secondary N) is 1. The first-order chi connectivity index (χ1) is 6.06. The summed E-state index contributed by atoms with van der Waals surface area (Å²) in [6.07, 6.45) is 3.60. The van der Waals surface area contributed by atoms with Crippen molar-refractivity contribution < 1.29 is 9.21 Å². The van der Waals surface area contributed by atoms with Crippen LogP contribution in [0.4, 0.5) is 0 Å². The van der Waals surface area contributed by atoms with Crippen LogP contribution in [0.5, 0.6) is 0 Å². The SMILES string of the molecule is CNC(C)(C)C(=O)Cc1ccoc1. The Labute approximate surface area is 78.1 Å². The van der Waals surface area contributed by atoms with Gasteiger partial charge in [-0.25, -0.2) is 0 Å². The fourth-order valence-electron chi connectivity index (χ4n) is 0.939. The second kappa shape index (κ2) is 3.75. The maximum Gasteiger partial charge on any atom is 0.156 e. The van der Waals surface area contributed by atoms with Gasteiger partial charge < -0.3 is 9.73 Å². The average molecular weight is 181 g/mol. The Morgan fingerprint density at radius 1 is 1.62 bits per heavy atom. The first kappa shape index (κ1) is 9.99. The van der Waals surface area contributed by atoms with Crippen molar-refractivity contribution in [3.63, 3.8) is 0 Å². The molecule has 0 saturated heterocycles. The Hall–Kier alpha value is -1.09. The molecule has 1 rings (SSSR count). The van der Waals surface area contributed by atoms with Crippen LogP contribution in [0.1, 0.15) is 19.4 Å². The van der Waals surface area contributed by atoms with Crippen LogP contribution in [0.3, 0.4) is 0 Å². The Kier molecular flexibility index (Phi) is 2.88. The van der Waals surface area contributed by atoms with Crippen LogP contribution in [0, 0.1) is 0 Å². The molecule has 3 nitrogen and oxygen atoms in total. The van der Waals surface area contributed by atoms with Crippen molar-refractivity contribution in [1.82, 2.24) is 5.32 Å². The van der Waals surface area contributed by atoms with Gasteiger partial charge in [-0.3, -0.25) is 4.79 Å². The van der Waals surface area contributed by atoms with Gasteiger partial charge in [0.2, 0.25) is 0 Å². The molecule has 0 atom stereocenters. The number of furan rings is 1. The summed E-state index contributed by atoms with van der Waals surface area (Å²) in [5.41, 5.74) is 0.463. The Morgan fingerprint density at radius 2 is 2.31 bits per heavy atom. The van der Waals surface area contributed by atoms with Crippen molar-refractivity contribution in [3.05, 3.63) is 24.2 Å². The molecule has 0 amide bonds. The van der Waals surface area contributed by atoms with Crippen molar-refractivity contribution in [1.29, 1.82) is 0 Å². The molecule has 0 fully saturated rings. The van der Waals surface area contributed by atoms with Gasteiger partial charge >= 0.3 is 0 Å². The van der Waals surface area contributed by atoms with Gasteiger partial charge in [-0.15, -0.1) is 0 Å². The van der Waals surface area contributed by atoms with Gasteiger partial charge in [-0.2, -0.15) is 0 Å². The zero-order chi connectivity index (χ0) is 9.90. The lowest BCUT2D eigenvalue weighted by molar-refractivity contribution is -0.123. The molecule has 0 aliphatic rings. The highest BCUT2D eigenvalue weighted by atomic mass is 16.3. The molecule has 1 heterocycles. The topological polar surface area (TPSA) is 42.2 Å². The molecule has 0 bridgehead atoms. The molecule has 0 aromatic carbocycles. The Bertz CT molecular complexity index is 275. The molecule has 0 unspecified atom stereocenters. The first-order valence-corrected chi connectivity index (χ1v) is 4.29. The maximum atomic E-state index is 11.7.